The van der Waals surface area contributed by atoms with Gasteiger partial charge >= 0.3 is 0 Å². The van der Waals surface area contributed by atoms with Crippen molar-refractivity contribution >= 4 is 39.2 Å². The molecule has 0 unspecified atom stereocenters. The Morgan fingerprint density at radius 3 is 2.26 bits per heavy atom. The molecule has 4 aliphatic carbocycles. The van der Waals surface area contributed by atoms with Crippen molar-refractivity contribution in [3.05, 3.63) is 70.7 Å². The number of imide groups is 1. The van der Waals surface area contributed by atoms with Crippen LogP contribution in [-0.4, -0.2) is 24.2 Å². The van der Waals surface area contributed by atoms with E-state index in [0.717, 1.165) is 10.9 Å². The lowest BCUT2D eigenvalue weighted by atomic mass is 9.63. The number of carbonyl (C=O) groups excluding carboxylic acids is 3. The zero-order valence-corrected chi connectivity index (χ0v) is 18.2. The molecule has 2 aromatic rings. The number of amides is 2. The first-order chi connectivity index (χ1) is 15.0. The SMILES string of the molecule is O=C(COc1cccc(N2C(=O)[C@@H]3[C@H]4C=C[C@@H]([C@@H]5C[C@H]45)[C@H]3C2=O)c1)c1ccc(Br)cc1. The molecule has 2 aromatic carbocycles. The van der Waals surface area contributed by atoms with Gasteiger partial charge in [-0.3, -0.25) is 14.4 Å². The Labute approximate surface area is 188 Å². The van der Waals surface area contributed by atoms with Gasteiger partial charge in [-0.2, -0.15) is 0 Å². The van der Waals surface area contributed by atoms with Gasteiger partial charge in [0.2, 0.25) is 11.8 Å². The zero-order valence-electron chi connectivity index (χ0n) is 16.6. The first kappa shape index (κ1) is 19.0. The molecule has 0 spiro atoms. The Morgan fingerprint density at radius 1 is 0.968 bits per heavy atom. The Bertz CT molecular complexity index is 1100. The van der Waals surface area contributed by atoms with Crippen LogP contribution in [0, 0.1) is 35.5 Å². The number of hydrogen-bond acceptors (Lipinski definition) is 4. The van der Waals surface area contributed by atoms with E-state index in [0.29, 0.717) is 28.8 Å². The van der Waals surface area contributed by atoms with Crippen molar-refractivity contribution in [1.82, 2.24) is 0 Å². The van der Waals surface area contributed by atoms with Crippen molar-refractivity contribution in [1.29, 1.82) is 0 Å². The van der Waals surface area contributed by atoms with Crippen molar-refractivity contribution in [3.63, 3.8) is 0 Å². The molecule has 0 radical (unpaired) electrons. The molecule has 6 heteroatoms. The number of carbonyl (C=O) groups is 3. The second kappa shape index (κ2) is 6.89. The summed E-state index contributed by atoms with van der Waals surface area (Å²) < 4.78 is 6.60. The van der Waals surface area contributed by atoms with Crippen LogP contribution in [0.25, 0.3) is 0 Å². The van der Waals surface area contributed by atoms with Gasteiger partial charge < -0.3 is 4.74 Å². The van der Waals surface area contributed by atoms with E-state index in [-0.39, 0.29) is 47.9 Å². The molecule has 5 nitrogen and oxygen atoms in total. The van der Waals surface area contributed by atoms with E-state index < -0.39 is 0 Å². The van der Waals surface area contributed by atoms with E-state index in [1.807, 2.05) is 12.1 Å². The maximum atomic E-state index is 13.3. The van der Waals surface area contributed by atoms with Gasteiger partial charge in [0, 0.05) is 16.1 Å². The summed E-state index contributed by atoms with van der Waals surface area (Å²) in [7, 11) is 0. The van der Waals surface area contributed by atoms with Crippen LogP contribution in [-0.2, 0) is 9.59 Å². The van der Waals surface area contributed by atoms with Crippen LogP contribution in [0.15, 0.2) is 65.2 Å². The molecular formula is C25H20BrNO4. The molecular weight excluding hydrogens is 458 g/mol. The molecule has 2 amide bonds. The largest absolute Gasteiger partial charge is 0.485 e. The van der Waals surface area contributed by atoms with Gasteiger partial charge in [-0.15, -0.1) is 0 Å². The maximum absolute atomic E-state index is 13.3. The minimum absolute atomic E-state index is 0.0946. The van der Waals surface area contributed by atoms with Crippen molar-refractivity contribution in [2.75, 3.05) is 11.5 Å². The van der Waals surface area contributed by atoms with Crippen LogP contribution < -0.4 is 9.64 Å². The summed E-state index contributed by atoms with van der Waals surface area (Å²) in [6.07, 6.45) is 5.48. The number of hydrogen-bond donors (Lipinski definition) is 0. The van der Waals surface area contributed by atoms with Crippen LogP contribution >= 0.6 is 15.9 Å². The van der Waals surface area contributed by atoms with E-state index in [2.05, 4.69) is 28.1 Å². The van der Waals surface area contributed by atoms with Crippen molar-refractivity contribution in [3.8, 4) is 5.75 Å². The normalized spacial score (nSPS) is 32.1. The van der Waals surface area contributed by atoms with Gasteiger partial charge in [0.1, 0.15) is 5.75 Å². The highest BCUT2D eigenvalue weighted by molar-refractivity contribution is 9.10. The Hall–Kier alpha value is -2.73. The summed E-state index contributed by atoms with van der Waals surface area (Å²) in [5.41, 5.74) is 1.08. The number of allylic oxidation sites excluding steroid dienone is 2. The van der Waals surface area contributed by atoms with Crippen molar-refractivity contribution in [2.24, 2.45) is 35.5 Å². The molecule has 0 N–H and O–H groups in total. The van der Waals surface area contributed by atoms with Gasteiger partial charge in [-0.25, -0.2) is 4.90 Å². The fourth-order valence-corrected chi connectivity index (χ4v) is 6.06. The van der Waals surface area contributed by atoms with Crippen molar-refractivity contribution in [2.45, 2.75) is 6.42 Å². The Morgan fingerprint density at radius 2 is 1.61 bits per heavy atom. The number of ketones is 1. The van der Waals surface area contributed by atoms with Crippen LogP contribution in [0.4, 0.5) is 5.69 Å². The summed E-state index contributed by atoms with van der Waals surface area (Å²) in [5, 5.41) is 0. The summed E-state index contributed by atoms with van der Waals surface area (Å²) in [5.74, 6) is 1.23. The minimum Gasteiger partial charge on any atom is -0.485 e. The van der Waals surface area contributed by atoms with Crippen LogP contribution in [0.3, 0.4) is 0 Å². The van der Waals surface area contributed by atoms with E-state index >= 15 is 0 Å². The molecule has 2 bridgehead atoms. The summed E-state index contributed by atoms with van der Waals surface area (Å²) in [6.45, 7) is -0.115. The lowest BCUT2D eigenvalue weighted by molar-refractivity contribution is -0.124. The molecule has 1 aliphatic heterocycles. The minimum atomic E-state index is -0.227. The van der Waals surface area contributed by atoms with Crippen LogP contribution in [0.1, 0.15) is 16.8 Å². The first-order valence-corrected chi connectivity index (χ1v) is 11.4. The van der Waals surface area contributed by atoms with Gasteiger partial charge in [0.15, 0.2) is 12.4 Å². The molecule has 6 atom stereocenters. The predicted octanol–water partition coefficient (Wildman–Crippen LogP) is 4.27. The molecule has 2 saturated carbocycles. The highest BCUT2D eigenvalue weighted by Gasteiger charge is 2.67. The predicted molar refractivity (Wildman–Crippen MR) is 118 cm³/mol. The summed E-state index contributed by atoms with van der Waals surface area (Å²) in [6, 6.07) is 14.0. The summed E-state index contributed by atoms with van der Waals surface area (Å²) >= 11 is 3.35. The van der Waals surface area contributed by atoms with Crippen LogP contribution in [0.2, 0.25) is 0 Å². The second-order valence-corrected chi connectivity index (χ2v) is 9.80. The monoisotopic (exact) mass is 477 g/mol. The Balaban J connectivity index is 1.20. The van der Waals surface area contributed by atoms with E-state index in [1.165, 1.54) is 4.90 Å². The maximum Gasteiger partial charge on any atom is 0.238 e. The van der Waals surface area contributed by atoms with E-state index in [9.17, 15) is 14.4 Å². The standard InChI is InChI=1S/C25H20BrNO4/c26-14-6-4-13(5-7-14)21(28)12-31-16-3-1-2-15(10-16)27-24(29)22-17-8-9-18(20-11-19(17)20)23(22)25(27)30/h1-10,17-20,22-23H,11-12H2/t17-,18-,19-,20+,22+,23+/m0/s1. The number of rotatable bonds is 5. The Kier molecular flexibility index (Phi) is 4.22. The molecule has 1 heterocycles. The van der Waals surface area contributed by atoms with E-state index in [4.69, 9.17) is 4.74 Å². The number of Topliss-reactive ketones (excluding diaryl/α,β-unsaturated/α-hetero) is 1. The average molecular weight is 478 g/mol. The number of nitrogens with zero attached hydrogens (tertiary/aromatic N) is 1. The average Bonchev–Trinajstić information content (AvgIpc) is 3.56. The summed E-state index contributed by atoms with van der Waals surface area (Å²) in [4.78, 5) is 40.3. The third-order valence-electron chi connectivity index (χ3n) is 7.27. The third-order valence-corrected chi connectivity index (χ3v) is 7.80. The highest BCUT2D eigenvalue weighted by atomic mass is 79.9. The lowest BCUT2D eigenvalue weighted by Gasteiger charge is -2.37. The van der Waals surface area contributed by atoms with Gasteiger partial charge in [0.25, 0.3) is 0 Å². The quantitative estimate of drug-likeness (QED) is 0.366. The van der Waals surface area contributed by atoms with Gasteiger partial charge in [0.05, 0.1) is 17.5 Å². The third kappa shape index (κ3) is 2.92. The molecule has 3 fully saturated rings. The first-order valence-electron chi connectivity index (χ1n) is 10.6. The molecule has 7 rings (SSSR count). The molecule has 156 valence electrons. The number of anilines is 1. The van der Waals surface area contributed by atoms with Crippen molar-refractivity contribution < 1.29 is 19.1 Å². The molecule has 31 heavy (non-hydrogen) atoms. The highest BCUT2D eigenvalue weighted by Crippen LogP contribution is 2.65. The smallest absolute Gasteiger partial charge is 0.238 e. The molecule has 1 saturated heterocycles. The number of halogens is 1. The fraction of sp³-hybridized carbons (Fsp3) is 0.320. The fourth-order valence-electron chi connectivity index (χ4n) is 5.79. The molecule has 5 aliphatic rings. The van der Waals surface area contributed by atoms with E-state index in [1.54, 1.807) is 36.4 Å². The van der Waals surface area contributed by atoms with Crippen LogP contribution in [0.5, 0.6) is 5.75 Å². The zero-order chi connectivity index (χ0) is 21.3. The van der Waals surface area contributed by atoms with Gasteiger partial charge in [-0.1, -0.05) is 46.3 Å². The number of ether oxygens (including phenoxy) is 1. The molecule has 0 aromatic heterocycles. The van der Waals surface area contributed by atoms with Gasteiger partial charge in [-0.05, 0) is 54.4 Å². The topological polar surface area (TPSA) is 63.7 Å². The lowest BCUT2D eigenvalue weighted by Crippen LogP contribution is -2.40. The second-order valence-electron chi connectivity index (χ2n) is 8.88. The number of benzene rings is 2.